The van der Waals surface area contributed by atoms with E-state index in [4.69, 9.17) is 0 Å². The lowest BCUT2D eigenvalue weighted by atomic mass is 10.2. The molecule has 0 unspecified atom stereocenters. The first-order chi connectivity index (χ1) is 13.5. The standard InChI is InChI=1S/C18H16N6O2S2/c1-4-23-15(12-5-7-13(8-6-12)24(25)26)21-22-18(23)28-17-14-10(2)9-27-16(14)19-11(3)20-17/h5-9H,4H2,1-3H3. The van der Waals surface area contributed by atoms with Gasteiger partial charge >= 0.3 is 0 Å². The molecule has 10 heteroatoms. The summed E-state index contributed by atoms with van der Waals surface area (Å²) < 4.78 is 1.98. The molecule has 0 aliphatic heterocycles. The minimum absolute atomic E-state index is 0.0488. The Morgan fingerprint density at radius 1 is 1.18 bits per heavy atom. The molecule has 4 aromatic rings. The largest absolute Gasteiger partial charge is 0.302 e. The van der Waals surface area contributed by atoms with Crippen molar-refractivity contribution in [2.24, 2.45) is 0 Å². The van der Waals surface area contributed by atoms with Crippen molar-refractivity contribution in [3.63, 3.8) is 0 Å². The predicted molar refractivity (Wildman–Crippen MR) is 109 cm³/mol. The molecule has 28 heavy (non-hydrogen) atoms. The van der Waals surface area contributed by atoms with Crippen molar-refractivity contribution < 1.29 is 4.92 Å². The fraction of sp³-hybridized carbons (Fsp3) is 0.222. The average Bonchev–Trinajstić information content (AvgIpc) is 3.25. The molecular weight excluding hydrogens is 396 g/mol. The number of nitro benzene ring substituents is 1. The second-order valence-electron chi connectivity index (χ2n) is 6.13. The first-order valence-corrected chi connectivity index (χ1v) is 10.3. The van der Waals surface area contributed by atoms with Crippen LogP contribution in [-0.2, 0) is 6.54 Å². The minimum atomic E-state index is -0.415. The topological polar surface area (TPSA) is 99.6 Å². The van der Waals surface area contributed by atoms with Crippen LogP contribution < -0.4 is 0 Å². The molecule has 0 radical (unpaired) electrons. The molecule has 0 bridgehead atoms. The summed E-state index contributed by atoms with van der Waals surface area (Å²) in [7, 11) is 0. The number of fused-ring (bicyclic) bond motifs is 1. The van der Waals surface area contributed by atoms with Gasteiger partial charge in [0.25, 0.3) is 5.69 Å². The van der Waals surface area contributed by atoms with Crippen molar-refractivity contribution >= 4 is 39.0 Å². The lowest BCUT2D eigenvalue weighted by molar-refractivity contribution is -0.384. The van der Waals surface area contributed by atoms with Crippen LogP contribution in [-0.4, -0.2) is 29.7 Å². The number of rotatable bonds is 5. The Bertz CT molecular complexity index is 1180. The summed E-state index contributed by atoms with van der Waals surface area (Å²) in [6, 6.07) is 6.34. The summed E-state index contributed by atoms with van der Waals surface area (Å²) in [5.74, 6) is 1.39. The van der Waals surface area contributed by atoms with E-state index in [2.05, 4.69) is 32.5 Å². The van der Waals surface area contributed by atoms with Crippen molar-refractivity contribution in [2.45, 2.75) is 37.5 Å². The van der Waals surface area contributed by atoms with Crippen molar-refractivity contribution in [1.82, 2.24) is 24.7 Å². The highest BCUT2D eigenvalue weighted by atomic mass is 32.2. The summed E-state index contributed by atoms with van der Waals surface area (Å²) in [4.78, 5) is 20.6. The monoisotopic (exact) mass is 412 g/mol. The molecule has 0 amide bonds. The molecule has 0 saturated heterocycles. The Balaban J connectivity index is 1.75. The Morgan fingerprint density at radius 3 is 2.61 bits per heavy atom. The van der Waals surface area contributed by atoms with Crippen molar-refractivity contribution in [3.05, 3.63) is 51.1 Å². The van der Waals surface area contributed by atoms with Crippen molar-refractivity contribution in [1.29, 1.82) is 0 Å². The average molecular weight is 413 g/mol. The van der Waals surface area contributed by atoms with Gasteiger partial charge in [-0.1, -0.05) is 0 Å². The van der Waals surface area contributed by atoms with Gasteiger partial charge in [-0.3, -0.25) is 10.1 Å². The number of non-ortho nitro benzene ring substituents is 1. The van der Waals surface area contributed by atoms with Gasteiger partial charge in [0, 0.05) is 29.6 Å². The van der Waals surface area contributed by atoms with Crippen LogP contribution in [0.5, 0.6) is 0 Å². The smallest absolute Gasteiger partial charge is 0.269 e. The van der Waals surface area contributed by atoms with E-state index in [1.54, 1.807) is 23.5 Å². The fourth-order valence-corrected chi connectivity index (χ4v) is 5.05. The molecule has 4 rings (SSSR count). The third-order valence-corrected chi connectivity index (χ3v) is 6.22. The van der Waals surface area contributed by atoms with Gasteiger partial charge in [-0.2, -0.15) is 0 Å². The van der Waals surface area contributed by atoms with Gasteiger partial charge in [-0.15, -0.1) is 21.5 Å². The molecule has 1 aromatic carbocycles. The number of hydrogen-bond acceptors (Lipinski definition) is 8. The number of nitrogens with zero attached hydrogens (tertiary/aromatic N) is 6. The van der Waals surface area contributed by atoms with E-state index in [1.165, 1.54) is 23.9 Å². The zero-order chi connectivity index (χ0) is 19.8. The third kappa shape index (κ3) is 3.25. The lowest BCUT2D eigenvalue weighted by Crippen LogP contribution is -2.00. The molecule has 0 aliphatic rings. The van der Waals surface area contributed by atoms with Crippen LogP contribution in [0.2, 0.25) is 0 Å². The normalized spacial score (nSPS) is 11.2. The van der Waals surface area contributed by atoms with Gasteiger partial charge in [0.15, 0.2) is 11.0 Å². The van der Waals surface area contributed by atoms with E-state index in [0.29, 0.717) is 12.4 Å². The number of hydrogen-bond donors (Lipinski definition) is 0. The molecule has 0 atom stereocenters. The molecule has 0 fully saturated rings. The Kier molecular flexibility index (Phi) is 4.82. The van der Waals surface area contributed by atoms with E-state index in [-0.39, 0.29) is 5.69 Å². The Hall–Kier alpha value is -2.85. The van der Waals surface area contributed by atoms with Crippen LogP contribution in [0.25, 0.3) is 21.6 Å². The van der Waals surface area contributed by atoms with Crippen LogP contribution in [0, 0.1) is 24.0 Å². The highest BCUT2D eigenvalue weighted by Crippen LogP contribution is 2.36. The maximum atomic E-state index is 10.9. The highest BCUT2D eigenvalue weighted by Gasteiger charge is 2.18. The van der Waals surface area contributed by atoms with Crippen LogP contribution >= 0.6 is 23.1 Å². The molecule has 3 heterocycles. The molecule has 0 aliphatic carbocycles. The molecule has 8 nitrogen and oxygen atoms in total. The fourth-order valence-electron chi connectivity index (χ4n) is 2.90. The number of benzene rings is 1. The number of aryl methyl sites for hydroxylation is 2. The summed E-state index contributed by atoms with van der Waals surface area (Å²) in [6.45, 7) is 6.61. The Labute approximate surface area is 168 Å². The van der Waals surface area contributed by atoms with Crippen molar-refractivity contribution in [2.75, 3.05) is 0 Å². The maximum absolute atomic E-state index is 10.9. The maximum Gasteiger partial charge on any atom is 0.269 e. The van der Waals surface area contributed by atoms with Gasteiger partial charge in [-0.25, -0.2) is 9.97 Å². The zero-order valence-corrected chi connectivity index (χ0v) is 17.0. The second-order valence-corrected chi connectivity index (χ2v) is 7.95. The van der Waals surface area contributed by atoms with Crippen LogP contribution in [0.4, 0.5) is 5.69 Å². The molecule has 0 spiro atoms. The highest BCUT2D eigenvalue weighted by molar-refractivity contribution is 7.99. The summed E-state index contributed by atoms with van der Waals surface area (Å²) >= 11 is 3.07. The molecule has 0 saturated carbocycles. The van der Waals surface area contributed by atoms with Crippen LogP contribution in [0.3, 0.4) is 0 Å². The van der Waals surface area contributed by atoms with Gasteiger partial charge in [0.1, 0.15) is 15.7 Å². The van der Waals surface area contributed by atoms with E-state index in [0.717, 1.165) is 37.4 Å². The van der Waals surface area contributed by atoms with Gasteiger partial charge in [0.05, 0.1) is 4.92 Å². The Morgan fingerprint density at radius 2 is 1.93 bits per heavy atom. The minimum Gasteiger partial charge on any atom is -0.302 e. The summed E-state index contributed by atoms with van der Waals surface area (Å²) in [5.41, 5.74) is 1.97. The van der Waals surface area contributed by atoms with Gasteiger partial charge in [0.2, 0.25) is 0 Å². The first-order valence-electron chi connectivity index (χ1n) is 8.56. The molecule has 0 N–H and O–H groups in total. The SMILES string of the molecule is CCn1c(Sc2nc(C)nc3scc(C)c23)nnc1-c1ccc([N+](=O)[O-])cc1. The zero-order valence-electron chi connectivity index (χ0n) is 15.4. The van der Waals surface area contributed by atoms with Gasteiger partial charge < -0.3 is 4.57 Å². The lowest BCUT2D eigenvalue weighted by Gasteiger charge is -2.08. The second kappa shape index (κ2) is 7.28. The molecule has 3 aromatic heterocycles. The van der Waals surface area contributed by atoms with E-state index < -0.39 is 4.92 Å². The van der Waals surface area contributed by atoms with Gasteiger partial charge in [-0.05, 0) is 55.6 Å². The van der Waals surface area contributed by atoms with Crippen LogP contribution in [0.1, 0.15) is 18.3 Å². The molecule has 142 valence electrons. The van der Waals surface area contributed by atoms with Crippen LogP contribution in [0.15, 0.2) is 39.8 Å². The van der Waals surface area contributed by atoms with Crippen molar-refractivity contribution in [3.8, 4) is 11.4 Å². The third-order valence-electron chi connectivity index (χ3n) is 4.25. The number of aromatic nitrogens is 5. The molecular formula is C18H16N6O2S2. The van der Waals surface area contributed by atoms with E-state index in [1.807, 2.05) is 18.4 Å². The summed E-state index contributed by atoms with van der Waals surface area (Å²) in [6.07, 6.45) is 0. The number of thiophene rings is 1. The van der Waals surface area contributed by atoms with E-state index in [9.17, 15) is 10.1 Å². The van der Waals surface area contributed by atoms with E-state index >= 15 is 0 Å². The quantitative estimate of drug-likeness (QED) is 0.267. The number of nitro groups is 1. The predicted octanol–water partition coefficient (Wildman–Crippen LogP) is 4.65. The summed E-state index contributed by atoms with van der Waals surface area (Å²) in [5, 5.41) is 24.3. The first kappa shape index (κ1) is 18.5.